The van der Waals surface area contributed by atoms with Gasteiger partial charge in [-0.3, -0.25) is 0 Å². The zero-order valence-corrected chi connectivity index (χ0v) is 13.0. The van der Waals surface area contributed by atoms with Crippen LogP contribution in [0.5, 0.6) is 0 Å². The lowest BCUT2D eigenvalue weighted by atomic mass is 10.1. The molecule has 0 unspecified atom stereocenters. The fraction of sp³-hybridized carbons (Fsp3) is 0.571. The van der Waals surface area contributed by atoms with Gasteiger partial charge in [-0.1, -0.05) is 12.1 Å². The molecule has 0 saturated carbocycles. The maximum absolute atomic E-state index is 12.0. The highest BCUT2D eigenvalue weighted by molar-refractivity contribution is 7.89. The van der Waals surface area contributed by atoms with Crippen molar-refractivity contribution in [1.82, 2.24) is 10.0 Å². The molecule has 0 fully saturated rings. The molecule has 6 heteroatoms. The van der Waals surface area contributed by atoms with E-state index in [9.17, 15) is 8.42 Å². The van der Waals surface area contributed by atoms with Gasteiger partial charge in [0.15, 0.2) is 0 Å². The first-order chi connectivity index (χ1) is 9.60. The van der Waals surface area contributed by atoms with E-state index in [1.54, 1.807) is 12.1 Å². The molecular weight excluding hydrogens is 276 g/mol. The van der Waals surface area contributed by atoms with E-state index in [4.69, 9.17) is 4.74 Å². The zero-order valence-electron chi connectivity index (χ0n) is 12.2. The Bertz CT molecular complexity index is 472. The van der Waals surface area contributed by atoms with Crippen LogP contribution in [0, 0.1) is 0 Å². The normalized spacial score (nSPS) is 11.7. The summed E-state index contributed by atoms with van der Waals surface area (Å²) in [6.45, 7) is 4.10. The summed E-state index contributed by atoms with van der Waals surface area (Å²) in [6, 6.07) is 7.04. The lowest BCUT2D eigenvalue weighted by molar-refractivity contribution is 0.153. The summed E-state index contributed by atoms with van der Waals surface area (Å²) in [4.78, 5) is 0.298. The molecule has 0 amide bonds. The van der Waals surface area contributed by atoms with Gasteiger partial charge >= 0.3 is 0 Å². The van der Waals surface area contributed by atoms with Gasteiger partial charge in [-0.05, 0) is 51.1 Å². The lowest BCUT2D eigenvalue weighted by Gasteiger charge is -2.08. The molecule has 114 valence electrons. The fourth-order valence-electron chi connectivity index (χ4n) is 1.78. The smallest absolute Gasteiger partial charge is 0.240 e. The Morgan fingerprint density at radius 3 is 2.45 bits per heavy atom. The van der Waals surface area contributed by atoms with Crippen molar-refractivity contribution in [3.8, 4) is 0 Å². The van der Waals surface area contributed by atoms with Crippen molar-refractivity contribution in [1.29, 1.82) is 0 Å². The summed E-state index contributed by atoms with van der Waals surface area (Å²) in [7, 11) is -1.50. The standard InChI is InChI=1S/C14H24N2O3S/c1-3-19-12-11-16-20(17,18)14-8-6-13(7-9-14)5-4-10-15-2/h6-9,15-16H,3-5,10-12H2,1-2H3. The van der Waals surface area contributed by atoms with Crippen LogP contribution in [0.25, 0.3) is 0 Å². The summed E-state index contributed by atoms with van der Waals surface area (Å²) < 4.78 is 31.6. The van der Waals surface area contributed by atoms with Gasteiger partial charge in [-0.15, -0.1) is 0 Å². The topological polar surface area (TPSA) is 67.4 Å². The van der Waals surface area contributed by atoms with Crippen LogP contribution in [0.4, 0.5) is 0 Å². The number of sulfonamides is 1. The molecule has 1 aromatic carbocycles. The van der Waals surface area contributed by atoms with E-state index in [2.05, 4.69) is 10.0 Å². The number of rotatable bonds is 10. The average molecular weight is 300 g/mol. The van der Waals surface area contributed by atoms with Crippen molar-refractivity contribution in [2.75, 3.05) is 33.4 Å². The number of hydrogen-bond acceptors (Lipinski definition) is 4. The Hall–Kier alpha value is -0.950. The van der Waals surface area contributed by atoms with Crippen LogP contribution in [0.1, 0.15) is 18.9 Å². The second kappa shape index (κ2) is 9.07. The van der Waals surface area contributed by atoms with E-state index in [0.29, 0.717) is 24.7 Å². The molecule has 0 saturated heterocycles. The van der Waals surface area contributed by atoms with E-state index in [0.717, 1.165) is 24.9 Å². The average Bonchev–Trinajstić information content (AvgIpc) is 2.45. The number of nitrogens with one attached hydrogen (secondary N) is 2. The number of hydrogen-bond donors (Lipinski definition) is 2. The third-order valence-corrected chi connectivity index (χ3v) is 4.35. The highest BCUT2D eigenvalue weighted by atomic mass is 32.2. The molecule has 0 bridgehead atoms. The van der Waals surface area contributed by atoms with Gasteiger partial charge in [0.2, 0.25) is 10.0 Å². The van der Waals surface area contributed by atoms with Crippen molar-refractivity contribution in [2.45, 2.75) is 24.7 Å². The van der Waals surface area contributed by atoms with Crippen LogP contribution in [-0.4, -0.2) is 41.8 Å². The van der Waals surface area contributed by atoms with Gasteiger partial charge in [0.05, 0.1) is 11.5 Å². The molecule has 0 aliphatic carbocycles. The first kappa shape index (κ1) is 17.1. The Balaban J connectivity index is 2.53. The van der Waals surface area contributed by atoms with Gasteiger partial charge in [0, 0.05) is 13.2 Å². The van der Waals surface area contributed by atoms with Crippen LogP contribution in [0.2, 0.25) is 0 Å². The quantitative estimate of drug-likeness (QED) is 0.636. The summed E-state index contributed by atoms with van der Waals surface area (Å²) in [6.07, 6.45) is 1.98. The van der Waals surface area contributed by atoms with Crippen LogP contribution >= 0.6 is 0 Å². The van der Waals surface area contributed by atoms with Crippen molar-refractivity contribution in [2.24, 2.45) is 0 Å². The van der Waals surface area contributed by atoms with Crippen LogP contribution in [-0.2, 0) is 21.2 Å². The molecule has 0 heterocycles. The second-order valence-electron chi connectivity index (χ2n) is 4.45. The number of benzene rings is 1. The molecular formula is C14H24N2O3S. The molecule has 1 aromatic rings. The zero-order chi connectivity index (χ0) is 14.8. The molecule has 0 aliphatic rings. The molecule has 1 rings (SSSR count). The highest BCUT2D eigenvalue weighted by Gasteiger charge is 2.12. The van der Waals surface area contributed by atoms with Gasteiger partial charge < -0.3 is 10.1 Å². The van der Waals surface area contributed by atoms with Crippen molar-refractivity contribution in [3.05, 3.63) is 29.8 Å². The summed E-state index contributed by atoms with van der Waals surface area (Å²) in [5.41, 5.74) is 1.15. The molecule has 0 aromatic heterocycles. The summed E-state index contributed by atoms with van der Waals surface area (Å²) in [5, 5.41) is 3.09. The third kappa shape index (κ3) is 6.00. The SMILES string of the molecule is CCOCCNS(=O)(=O)c1ccc(CCCNC)cc1. The van der Waals surface area contributed by atoms with Gasteiger partial charge in [-0.2, -0.15) is 0 Å². The van der Waals surface area contributed by atoms with E-state index in [-0.39, 0.29) is 0 Å². The summed E-state index contributed by atoms with van der Waals surface area (Å²) >= 11 is 0. The predicted molar refractivity (Wildman–Crippen MR) is 80.4 cm³/mol. The first-order valence-electron chi connectivity index (χ1n) is 6.91. The Morgan fingerprint density at radius 2 is 1.85 bits per heavy atom. The largest absolute Gasteiger partial charge is 0.380 e. The van der Waals surface area contributed by atoms with Gasteiger partial charge in [0.25, 0.3) is 0 Å². The van der Waals surface area contributed by atoms with Gasteiger partial charge in [0.1, 0.15) is 0 Å². The minimum absolute atomic E-state index is 0.292. The fourth-order valence-corrected chi connectivity index (χ4v) is 2.79. The third-order valence-electron chi connectivity index (χ3n) is 2.87. The Morgan fingerprint density at radius 1 is 1.15 bits per heavy atom. The minimum Gasteiger partial charge on any atom is -0.380 e. The highest BCUT2D eigenvalue weighted by Crippen LogP contribution is 2.11. The first-order valence-corrected chi connectivity index (χ1v) is 8.39. The van der Waals surface area contributed by atoms with E-state index in [1.165, 1.54) is 0 Å². The molecule has 0 spiro atoms. The molecule has 0 radical (unpaired) electrons. The van der Waals surface area contributed by atoms with Gasteiger partial charge in [-0.25, -0.2) is 13.1 Å². The van der Waals surface area contributed by atoms with E-state index >= 15 is 0 Å². The van der Waals surface area contributed by atoms with Crippen LogP contribution in [0.3, 0.4) is 0 Å². The maximum Gasteiger partial charge on any atom is 0.240 e. The molecule has 0 aliphatic heterocycles. The number of ether oxygens (including phenoxy) is 1. The van der Waals surface area contributed by atoms with E-state index in [1.807, 2.05) is 26.1 Å². The van der Waals surface area contributed by atoms with Crippen LogP contribution in [0.15, 0.2) is 29.2 Å². The molecule has 0 atom stereocenters. The van der Waals surface area contributed by atoms with Crippen molar-refractivity contribution < 1.29 is 13.2 Å². The second-order valence-corrected chi connectivity index (χ2v) is 6.21. The number of aryl methyl sites for hydroxylation is 1. The Labute approximate surface area is 121 Å². The monoisotopic (exact) mass is 300 g/mol. The minimum atomic E-state index is -3.43. The maximum atomic E-state index is 12.0. The van der Waals surface area contributed by atoms with E-state index < -0.39 is 10.0 Å². The molecule has 5 nitrogen and oxygen atoms in total. The van der Waals surface area contributed by atoms with Crippen LogP contribution < -0.4 is 10.0 Å². The molecule has 2 N–H and O–H groups in total. The lowest BCUT2D eigenvalue weighted by Crippen LogP contribution is -2.27. The Kier molecular flexibility index (Phi) is 7.76. The summed E-state index contributed by atoms with van der Waals surface area (Å²) in [5.74, 6) is 0. The van der Waals surface area contributed by atoms with Crippen molar-refractivity contribution in [3.63, 3.8) is 0 Å². The van der Waals surface area contributed by atoms with Crippen molar-refractivity contribution >= 4 is 10.0 Å². The molecule has 20 heavy (non-hydrogen) atoms. The predicted octanol–water partition coefficient (Wildman–Crippen LogP) is 1.15.